The Labute approximate surface area is 81.9 Å². The van der Waals surface area contributed by atoms with Gasteiger partial charge in [-0.25, -0.2) is 4.39 Å². The summed E-state index contributed by atoms with van der Waals surface area (Å²) in [5.41, 5.74) is -0.241. The van der Waals surface area contributed by atoms with Crippen molar-refractivity contribution in [3.63, 3.8) is 0 Å². The number of hydrogen-bond acceptors (Lipinski definition) is 3. The van der Waals surface area contributed by atoms with Gasteiger partial charge in [0, 0.05) is 11.8 Å². The molecule has 0 aromatic carbocycles. The first kappa shape index (κ1) is 11.2. The molecule has 0 radical (unpaired) electrons. The maximum atomic E-state index is 12.9. The van der Waals surface area contributed by atoms with E-state index in [1.807, 2.05) is 0 Å². The van der Waals surface area contributed by atoms with Gasteiger partial charge in [-0.3, -0.25) is 4.98 Å². The third-order valence-corrected chi connectivity index (χ3v) is 1.41. The van der Waals surface area contributed by atoms with Crippen LogP contribution in [0, 0.1) is 17.1 Å². The number of nitriles is 1. The lowest BCUT2D eigenvalue weighted by atomic mass is 10.2. The zero-order valence-electron chi connectivity index (χ0n) is 7.18. The summed E-state index contributed by atoms with van der Waals surface area (Å²) < 4.78 is 51.9. The molecule has 1 aromatic heterocycles. The summed E-state index contributed by atoms with van der Waals surface area (Å²) in [6.45, 7) is 0. The maximum absolute atomic E-state index is 12.9. The number of aromatic nitrogens is 1. The van der Waals surface area contributed by atoms with E-state index in [2.05, 4.69) is 9.72 Å². The molecular formula is C8H4F4N2O. The van der Waals surface area contributed by atoms with Crippen molar-refractivity contribution >= 4 is 0 Å². The fourth-order valence-electron chi connectivity index (χ4n) is 0.904. The number of alkyl halides is 3. The minimum atomic E-state index is -4.99. The predicted molar refractivity (Wildman–Crippen MR) is 40.2 cm³/mol. The molecule has 0 aliphatic rings. The highest BCUT2D eigenvalue weighted by Crippen LogP contribution is 2.28. The Balaban J connectivity index is 3.09. The van der Waals surface area contributed by atoms with Crippen LogP contribution in [0.15, 0.2) is 12.4 Å². The second-order valence-corrected chi connectivity index (χ2v) is 2.49. The average Bonchev–Trinajstić information content (AvgIpc) is 2.10. The van der Waals surface area contributed by atoms with Gasteiger partial charge in [0.2, 0.25) is 0 Å². The third-order valence-electron chi connectivity index (χ3n) is 1.41. The molecule has 0 spiro atoms. The van der Waals surface area contributed by atoms with E-state index in [9.17, 15) is 17.6 Å². The van der Waals surface area contributed by atoms with E-state index in [1.54, 1.807) is 6.07 Å². The van der Waals surface area contributed by atoms with Gasteiger partial charge in [-0.15, -0.1) is 13.2 Å². The van der Waals surface area contributed by atoms with Crippen LogP contribution in [0.1, 0.15) is 5.56 Å². The molecule has 1 aromatic rings. The van der Waals surface area contributed by atoms with Crippen LogP contribution < -0.4 is 4.74 Å². The Morgan fingerprint density at radius 1 is 1.40 bits per heavy atom. The van der Waals surface area contributed by atoms with Crippen LogP contribution in [-0.4, -0.2) is 11.3 Å². The smallest absolute Gasteiger partial charge is 0.402 e. The van der Waals surface area contributed by atoms with Crippen molar-refractivity contribution in [2.45, 2.75) is 12.8 Å². The van der Waals surface area contributed by atoms with E-state index in [0.717, 1.165) is 6.20 Å². The molecule has 1 rings (SSSR count). The lowest BCUT2D eigenvalue weighted by Gasteiger charge is -2.11. The Bertz CT molecular complexity index is 397. The van der Waals surface area contributed by atoms with Gasteiger partial charge in [-0.1, -0.05) is 0 Å². The van der Waals surface area contributed by atoms with Crippen LogP contribution in [0.2, 0.25) is 0 Å². The number of nitrogens with zero attached hydrogens (tertiary/aromatic N) is 2. The molecule has 0 bridgehead atoms. The molecule has 0 amide bonds. The molecule has 15 heavy (non-hydrogen) atoms. The second-order valence-electron chi connectivity index (χ2n) is 2.49. The van der Waals surface area contributed by atoms with Gasteiger partial charge in [-0.05, 0) is 0 Å². The normalized spacial score (nSPS) is 10.9. The molecule has 1 heterocycles. The van der Waals surface area contributed by atoms with Crippen molar-refractivity contribution in [2.75, 3.05) is 0 Å². The second kappa shape index (κ2) is 4.13. The topological polar surface area (TPSA) is 45.9 Å². The van der Waals surface area contributed by atoms with Crippen molar-refractivity contribution in [3.8, 4) is 11.8 Å². The lowest BCUT2D eigenvalue weighted by Crippen LogP contribution is -2.19. The van der Waals surface area contributed by atoms with E-state index in [0.29, 0.717) is 6.20 Å². The van der Waals surface area contributed by atoms with Crippen molar-refractivity contribution in [2.24, 2.45) is 0 Å². The number of ether oxygens (including phenoxy) is 1. The minimum absolute atomic E-state index is 0.241. The molecular weight excluding hydrogens is 216 g/mol. The van der Waals surface area contributed by atoms with E-state index in [-0.39, 0.29) is 5.56 Å². The van der Waals surface area contributed by atoms with Gasteiger partial charge in [-0.2, -0.15) is 5.26 Å². The van der Waals surface area contributed by atoms with Crippen LogP contribution in [0.25, 0.3) is 0 Å². The zero-order chi connectivity index (χ0) is 11.5. The van der Waals surface area contributed by atoms with E-state index >= 15 is 0 Å². The van der Waals surface area contributed by atoms with Crippen LogP contribution >= 0.6 is 0 Å². The van der Waals surface area contributed by atoms with Crippen LogP contribution in [0.5, 0.6) is 5.75 Å². The third kappa shape index (κ3) is 3.09. The SMILES string of the molecule is N#CCc1cncc(F)c1OC(F)(F)F. The summed E-state index contributed by atoms with van der Waals surface area (Å²) in [6, 6.07) is 1.58. The molecule has 0 fully saturated rings. The number of hydrogen-bond donors (Lipinski definition) is 0. The zero-order valence-corrected chi connectivity index (χ0v) is 7.18. The summed E-state index contributed by atoms with van der Waals surface area (Å²) in [6.07, 6.45) is -3.86. The first-order valence-corrected chi connectivity index (χ1v) is 3.69. The number of rotatable bonds is 2. The Morgan fingerprint density at radius 3 is 2.60 bits per heavy atom. The fraction of sp³-hybridized carbons (Fsp3) is 0.250. The van der Waals surface area contributed by atoms with Crippen LogP contribution in [0.4, 0.5) is 17.6 Å². The van der Waals surface area contributed by atoms with Gasteiger partial charge >= 0.3 is 6.36 Å². The Kier molecular flexibility index (Phi) is 3.09. The summed E-state index contributed by atoms with van der Waals surface area (Å²) in [5, 5.41) is 8.30. The molecule has 0 N–H and O–H groups in total. The highest BCUT2D eigenvalue weighted by molar-refractivity contribution is 5.33. The summed E-state index contributed by atoms with van der Waals surface area (Å²) in [7, 11) is 0. The standard InChI is InChI=1S/C8H4F4N2O/c9-6-4-14-3-5(1-2-13)7(6)15-8(10,11)12/h3-4H,1H2. The van der Waals surface area contributed by atoms with Crippen LogP contribution in [-0.2, 0) is 6.42 Å². The number of halogens is 4. The maximum Gasteiger partial charge on any atom is 0.573 e. The van der Waals surface area contributed by atoms with E-state index < -0.39 is 24.3 Å². The minimum Gasteiger partial charge on any atom is -0.402 e. The lowest BCUT2D eigenvalue weighted by molar-refractivity contribution is -0.275. The summed E-state index contributed by atoms with van der Waals surface area (Å²) >= 11 is 0. The monoisotopic (exact) mass is 220 g/mol. The van der Waals surface area contributed by atoms with Crippen molar-refractivity contribution in [3.05, 3.63) is 23.8 Å². The summed E-state index contributed by atoms with van der Waals surface area (Å²) in [4.78, 5) is 3.32. The first-order chi connectivity index (χ1) is 6.94. The molecule has 0 unspecified atom stereocenters. The molecule has 80 valence electrons. The van der Waals surface area contributed by atoms with Gasteiger partial charge in [0.15, 0.2) is 11.6 Å². The van der Waals surface area contributed by atoms with Gasteiger partial charge in [0.1, 0.15) is 0 Å². The fourth-order valence-corrected chi connectivity index (χ4v) is 0.904. The Morgan fingerprint density at radius 2 is 2.07 bits per heavy atom. The highest BCUT2D eigenvalue weighted by atomic mass is 19.4. The molecule has 3 nitrogen and oxygen atoms in total. The van der Waals surface area contributed by atoms with Crippen molar-refractivity contribution in [1.29, 1.82) is 5.26 Å². The molecule has 7 heteroatoms. The Hall–Kier alpha value is -1.84. The van der Waals surface area contributed by atoms with Gasteiger partial charge in [0.05, 0.1) is 18.7 Å². The van der Waals surface area contributed by atoms with Crippen molar-refractivity contribution in [1.82, 2.24) is 4.98 Å². The predicted octanol–water partition coefficient (Wildman–Crippen LogP) is 2.19. The van der Waals surface area contributed by atoms with Gasteiger partial charge in [0.25, 0.3) is 0 Å². The van der Waals surface area contributed by atoms with E-state index in [1.165, 1.54) is 0 Å². The quantitative estimate of drug-likeness (QED) is 0.717. The molecule has 0 aliphatic carbocycles. The molecule has 0 atom stereocenters. The van der Waals surface area contributed by atoms with Gasteiger partial charge < -0.3 is 4.74 Å². The molecule has 0 saturated heterocycles. The first-order valence-electron chi connectivity index (χ1n) is 3.69. The van der Waals surface area contributed by atoms with E-state index in [4.69, 9.17) is 5.26 Å². The average molecular weight is 220 g/mol. The highest BCUT2D eigenvalue weighted by Gasteiger charge is 2.33. The summed E-state index contributed by atoms with van der Waals surface area (Å²) in [5.74, 6) is -2.25. The molecule has 0 aliphatic heterocycles. The van der Waals surface area contributed by atoms with Crippen molar-refractivity contribution < 1.29 is 22.3 Å². The largest absolute Gasteiger partial charge is 0.573 e. The molecule has 0 saturated carbocycles. The number of pyridine rings is 1. The van der Waals surface area contributed by atoms with Crippen LogP contribution in [0.3, 0.4) is 0 Å².